The largest absolute Gasteiger partial charge is 0.361 e. The third-order valence-corrected chi connectivity index (χ3v) is 5.42. The Kier molecular flexibility index (Phi) is 5.37. The topological polar surface area (TPSA) is 84.4 Å². The van der Waals surface area contributed by atoms with E-state index in [4.69, 9.17) is 9.05 Å². The van der Waals surface area contributed by atoms with E-state index in [2.05, 4.69) is 15.6 Å². The number of amides is 1. The highest BCUT2D eigenvalue weighted by Crippen LogP contribution is 2.30. The molecule has 2 aromatic rings. The highest BCUT2D eigenvalue weighted by atomic mass is 19.1. The van der Waals surface area contributed by atoms with Gasteiger partial charge in [0.15, 0.2) is 0 Å². The molecule has 0 spiro atoms. The standard InChI is InChI=1S/C19H27FN4O3/c1-11-17(13(3)27-23-11)19(4,5)18(25)21-8-16-6-15(20)10-24(16)9-14-7-22-26-12(14)2/h7,15-16H,6,8-10H2,1-5H3,(H,21,25)/t15-,16-/m0/s1. The molecule has 3 rings (SSSR count). The summed E-state index contributed by atoms with van der Waals surface area (Å²) in [4.78, 5) is 14.9. The number of nitrogens with zero attached hydrogens (tertiary/aromatic N) is 3. The van der Waals surface area contributed by atoms with Crippen LogP contribution in [0.15, 0.2) is 15.2 Å². The van der Waals surface area contributed by atoms with Crippen LogP contribution in [0.3, 0.4) is 0 Å². The monoisotopic (exact) mass is 378 g/mol. The lowest BCUT2D eigenvalue weighted by Gasteiger charge is -2.27. The van der Waals surface area contributed by atoms with Crippen molar-refractivity contribution in [1.82, 2.24) is 20.5 Å². The molecule has 0 unspecified atom stereocenters. The van der Waals surface area contributed by atoms with Crippen molar-refractivity contribution in [2.75, 3.05) is 13.1 Å². The number of aromatic nitrogens is 2. The second-order valence-electron chi connectivity index (χ2n) is 7.86. The molecule has 3 heterocycles. The number of aryl methyl sites for hydroxylation is 3. The Bertz CT molecular complexity index is 794. The van der Waals surface area contributed by atoms with Gasteiger partial charge in [0.1, 0.15) is 17.7 Å². The summed E-state index contributed by atoms with van der Waals surface area (Å²) in [5.41, 5.74) is 1.67. The molecule has 0 aromatic carbocycles. The summed E-state index contributed by atoms with van der Waals surface area (Å²) in [6, 6.07) is -0.0706. The second kappa shape index (κ2) is 7.42. The fraction of sp³-hybridized carbons (Fsp3) is 0.632. The maximum absolute atomic E-state index is 14.0. The summed E-state index contributed by atoms with van der Waals surface area (Å²) < 4.78 is 24.3. The van der Waals surface area contributed by atoms with E-state index in [1.807, 2.05) is 32.6 Å². The van der Waals surface area contributed by atoms with Gasteiger partial charge < -0.3 is 14.4 Å². The summed E-state index contributed by atoms with van der Waals surface area (Å²) in [5, 5.41) is 10.7. The Morgan fingerprint density at radius 1 is 1.33 bits per heavy atom. The van der Waals surface area contributed by atoms with Gasteiger partial charge in [-0.1, -0.05) is 10.3 Å². The molecule has 1 aliphatic rings. The molecule has 1 N–H and O–H groups in total. The zero-order valence-corrected chi connectivity index (χ0v) is 16.5. The van der Waals surface area contributed by atoms with Gasteiger partial charge in [0, 0.05) is 36.8 Å². The SMILES string of the molecule is Cc1noc(C)c1C(C)(C)C(=O)NC[C@@H]1C[C@H](F)CN1Cc1cnoc1C. The van der Waals surface area contributed by atoms with Crippen LogP contribution < -0.4 is 5.32 Å². The van der Waals surface area contributed by atoms with E-state index in [1.165, 1.54) is 0 Å². The van der Waals surface area contributed by atoms with Crippen molar-refractivity contribution in [2.24, 2.45) is 0 Å². The molecule has 27 heavy (non-hydrogen) atoms. The van der Waals surface area contributed by atoms with Crippen LogP contribution in [-0.4, -0.2) is 46.4 Å². The number of hydrogen-bond donors (Lipinski definition) is 1. The molecular formula is C19H27FN4O3. The molecule has 0 aliphatic carbocycles. The van der Waals surface area contributed by atoms with E-state index >= 15 is 0 Å². The van der Waals surface area contributed by atoms with Gasteiger partial charge >= 0.3 is 0 Å². The smallest absolute Gasteiger partial charge is 0.230 e. The van der Waals surface area contributed by atoms with E-state index in [1.54, 1.807) is 13.1 Å². The van der Waals surface area contributed by atoms with Gasteiger partial charge in [-0.25, -0.2) is 4.39 Å². The quantitative estimate of drug-likeness (QED) is 0.832. The first-order valence-corrected chi connectivity index (χ1v) is 9.20. The molecule has 1 fully saturated rings. The number of carbonyl (C=O) groups is 1. The van der Waals surface area contributed by atoms with Gasteiger partial charge in [-0.15, -0.1) is 0 Å². The Balaban J connectivity index is 1.65. The lowest BCUT2D eigenvalue weighted by molar-refractivity contribution is -0.125. The number of halogens is 1. The molecule has 0 saturated carbocycles. The molecule has 148 valence electrons. The third-order valence-electron chi connectivity index (χ3n) is 5.42. The Labute approximate surface area is 158 Å². The first-order valence-electron chi connectivity index (χ1n) is 9.20. The van der Waals surface area contributed by atoms with E-state index in [0.717, 1.165) is 16.9 Å². The Morgan fingerprint density at radius 3 is 2.67 bits per heavy atom. The number of hydrogen-bond acceptors (Lipinski definition) is 6. The molecule has 1 amide bonds. The average Bonchev–Trinajstić information content (AvgIpc) is 3.26. The minimum absolute atomic E-state index is 0.0706. The lowest BCUT2D eigenvalue weighted by atomic mass is 9.82. The molecule has 7 nitrogen and oxygen atoms in total. The maximum Gasteiger partial charge on any atom is 0.230 e. The normalized spacial score (nSPS) is 21.0. The first-order chi connectivity index (χ1) is 12.7. The van der Waals surface area contributed by atoms with Gasteiger partial charge in [0.05, 0.1) is 17.3 Å². The second-order valence-corrected chi connectivity index (χ2v) is 7.86. The van der Waals surface area contributed by atoms with Crippen molar-refractivity contribution < 1.29 is 18.2 Å². The van der Waals surface area contributed by atoms with Crippen LogP contribution >= 0.6 is 0 Å². The van der Waals surface area contributed by atoms with Crippen LogP contribution in [0.2, 0.25) is 0 Å². The Morgan fingerprint density at radius 2 is 2.07 bits per heavy atom. The zero-order valence-electron chi connectivity index (χ0n) is 16.5. The molecule has 2 aromatic heterocycles. The van der Waals surface area contributed by atoms with Crippen LogP contribution in [0, 0.1) is 20.8 Å². The lowest BCUT2D eigenvalue weighted by Crippen LogP contribution is -2.46. The van der Waals surface area contributed by atoms with Gasteiger partial charge in [-0.3, -0.25) is 9.69 Å². The van der Waals surface area contributed by atoms with Gasteiger partial charge in [-0.2, -0.15) is 0 Å². The summed E-state index contributed by atoms with van der Waals surface area (Å²) >= 11 is 0. The summed E-state index contributed by atoms with van der Waals surface area (Å²) in [5.74, 6) is 1.25. The van der Waals surface area contributed by atoms with Crippen molar-refractivity contribution >= 4 is 5.91 Å². The van der Waals surface area contributed by atoms with Crippen molar-refractivity contribution in [3.8, 4) is 0 Å². The minimum atomic E-state index is -0.900. The van der Waals surface area contributed by atoms with E-state index in [0.29, 0.717) is 37.5 Å². The first kappa shape index (κ1) is 19.5. The number of nitrogens with one attached hydrogen (secondary N) is 1. The maximum atomic E-state index is 14.0. The van der Waals surface area contributed by atoms with Crippen LogP contribution in [0.1, 0.15) is 48.6 Å². The van der Waals surface area contributed by atoms with Gasteiger partial charge in [0.25, 0.3) is 0 Å². The number of likely N-dealkylation sites (tertiary alicyclic amines) is 1. The van der Waals surface area contributed by atoms with Gasteiger partial charge in [0.2, 0.25) is 5.91 Å². The van der Waals surface area contributed by atoms with Crippen LogP contribution in [-0.2, 0) is 16.8 Å². The summed E-state index contributed by atoms with van der Waals surface area (Å²) in [6.07, 6.45) is 1.16. The number of alkyl halides is 1. The van der Waals surface area contributed by atoms with Crippen molar-refractivity contribution in [2.45, 2.75) is 65.2 Å². The molecule has 1 saturated heterocycles. The highest BCUT2D eigenvalue weighted by molar-refractivity contribution is 5.87. The predicted octanol–water partition coefficient (Wildman–Crippen LogP) is 2.59. The van der Waals surface area contributed by atoms with Crippen molar-refractivity contribution in [3.63, 3.8) is 0 Å². The van der Waals surface area contributed by atoms with Crippen molar-refractivity contribution in [1.29, 1.82) is 0 Å². The average molecular weight is 378 g/mol. The molecule has 0 radical (unpaired) electrons. The fourth-order valence-corrected chi connectivity index (χ4v) is 3.94. The van der Waals surface area contributed by atoms with Crippen LogP contribution in [0.25, 0.3) is 0 Å². The van der Waals surface area contributed by atoms with E-state index in [9.17, 15) is 9.18 Å². The predicted molar refractivity (Wildman–Crippen MR) is 97.0 cm³/mol. The van der Waals surface area contributed by atoms with Gasteiger partial charge in [-0.05, 0) is 41.0 Å². The fourth-order valence-electron chi connectivity index (χ4n) is 3.94. The number of rotatable bonds is 6. The highest BCUT2D eigenvalue weighted by Gasteiger charge is 2.37. The molecule has 1 aliphatic heterocycles. The number of carbonyl (C=O) groups excluding carboxylic acids is 1. The summed E-state index contributed by atoms with van der Waals surface area (Å²) in [7, 11) is 0. The molecule has 8 heteroatoms. The van der Waals surface area contributed by atoms with Crippen molar-refractivity contribution in [3.05, 3.63) is 34.5 Å². The molecule has 0 bridgehead atoms. The summed E-state index contributed by atoms with van der Waals surface area (Å²) in [6.45, 7) is 10.5. The molecule has 2 atom stereocenters. The minimum Gasteiger partial charge on any atom is -0.361 e. The third kappa shape index (κ3) is 3.90. The Hall–Kier alpha value is -2.22. The zero-order chi connectivity index (χ0) is 19.8. The van der Waals surface area contributed by atoms with Crippen LogP contribution in [0.4, 0.5) is 4.39 Å². The van der Waals surface area contributed by atoms with E-state index in [-0.39, 0.29) is 11.9 Å². The van der Waals surface area contributed by atoms with E-state index < -0.39 is 11.6 Å². The molecular weight excluding hydrogens is 351 g/mol. The van der Waals surface area contributed by atoms with Crippen LogP contribution in [0.5, 0.6) is 0 Å².